The first-order chi connectivity index (χ1) is 9.20. The van der Waals surface area contributed by atoms with Gasteiger partial charge in [-0.25, -0.2) is 0 Å². The molecule has 1 aliphatic heterocycles. The van der Waals surface area contributed by atoms with E-state index in [4.69, 9.17) is 9.47 Å². The summed E-state index contributed by atoms with van der Waals surface area (Å²) in [6.45, 7) is 2.95. The number of carbonyl (C=O) groups excluding carboxylic acids is 1. The van der Waals surface area contributed by atoms with Crippen LogP contribution in [-0.2, 0) is 20.7 Å². The average Bonchev–Trinajstić information content (AvgIpc) is 2.46. The predicted molar refractivity (Wildman–Crippen MR) is 77.2 cm³/mol. The van der Waals surface area contributed by atoms with Crippen LogP contribution >= 0.6 is 12.6 Å². The maximum absolute atomic E-state index is 11.1. The van der Waals surface area contributed by atoms with Gasteiger partial charge in [-0.15, -0.1) is 12.6 Å². The minimum atomic E-state index is -0.357. The first-order valence-electron chi connectivity index (χ1n) is 6.75. The third kappa shape index (κ3) is 4.06. The van der Waals surface area contributed by atoms with Crippen molar-refractivity contribution >= 4 is 17.7 Å². The minimum Gasteiger partial charge on any atom is -0.348 e. The Morgan fingerprint density at radius 2 is 1.89 bits per heavy atom. The molecule has 1 aliphatic rings. The van der Waals surface area contributed by atoms with Crippen molar-refractivity contribution in [1.29, 1.82) is 0 Å². The summed E-state index contributed by atoms with van der Waals surface area (Å²) >= 11 is 3.81. The Morgan fingerprint density at radius 3 is 2.42 bits per heavy atom. The highest BCUT2D eigenvalue weighted by molar-refractivity contribution is 7.96. The number of aryl methyl sites for hydroxylation is 1. The maximum atomic E-state index is 11.1. The number of unbranched alkanes of at least 4 members (excludes halogenated alkanes) is 1. The van der Waals surface area contributed by atoms with Gasteiger partial charge in [0, 0.05) is 5.56 Å². The lowest BCUT2D eigenvalue weighted by atomic mass is 10.1. The summed E-state index contributed by atoms with van der Waals surface area (Å²) in [6, 6.07) is 8.32. The molecule has 1 fully saturated rings. The smallest absolute Gasteiger partial charge is 0.193 e. The van der Waals surface area contributed by atoms with Gasteiger partial charge in [0.05, 0.1) is 19.1 Å². The molecule has 0 N–H and O–H groups in total. The summed E-state index contributed by atoms with van der Waals surface area (Å²) in [5.41, 5.74) is 2.34. The van der Waals surface area contributed by atoms with E-state index in [9.17, 15) is 4.79 Å². The van der Waals surface area contributed by atoms with Crippen molar-refractivity contribution in [2.75, 3.05) is 13.2 Å². The van der Waals surface area contributed by atoms with Gasteiger partial charge in [-0.05, 0) is 18.4 Å². The zero-order chi connectivity index (χ0) is 13.7. The van der Waals surface area contributed by atoms with Crippen molar-refractivity contribution in [2.24, 2.45) is 5.92 Å². The van der Waals surface area contributed by atoms with E-state index in [2.05, 4.69) is 31.7 Å². The number of benzene rings is 1. The number of hydrogen-bond acceptors (Lipinski definition) is 3. The fraction of sp³-hybridized carbons (Fsp3) is 0.533. The van der Waals surface area contributed by atoms with E-state index < -0.39 is 0 Å². The highest BCUT2D eigenvalue weighted by atomic mass is 32.1. The second-order valence-corrected chi connectivity index (χ2v) is 5.32. The second kappa shape index (κ2) is 7.08. The second-order valence-electron chi connectivity index (χ2n) is 4.88. The Kier molecular flexibility index (Phi) is 5.43. The van der Waals surface area contributed by atoms with Crippen molar-refractivity contribution in [2.45, 2.75) is 32.5 Å². The van der Waals surface area contributed by atoms with E-state index >= 15 is 0 Å². The Morgan fingerprint density at radius 1 is 1.26 bits per heavy atom. The quantitative estimate of drug-likeness (QED) is 0.842. The van der Waals surface area contributed by atoms with Crippen LogP contribution in [0.2, 0.25) is 0 Å². The lowest BCUT2D eigenvalue weighted by Gasteiger charge is -2.28. The third-order valence-corrected chi connectivity index (χ3v) is 3.68. The standard InChI is InChI=1S/C15H20O3S/c1-2-3-4-11-5-7-12(8-6-11)15-17-9-13(10-18-15)14(16)19/h5-8,13,15H,2-4,9-10H2,1H3,(H,16,19). The lowest BCUT2D eigenvalue weighted by Crippen LogP contribution is -2.30. The van der Waals surface area contributed by atoms with Gasteiger partial charge in [-0.3, -0.25) is 4.79 Å². The summed E-state index contributed by atoms with van der Waals surface area (Å²) in [5, 5.41) is -0.173. The highest BCUT2D eigenvalue weighted by Gasteiger charge is 2.26. The van der Waals surface area contributed by atoms with Gasteiger partial charge < -0.3 is 9.47 Å². The van der Waals surface area contributed by atoms with Crippen LogP contribution in [0.4, 0.5) is 0 Å². The fourth-order valence-electron chi connectivity index (χ4n) is 2.06. The topological polar surface area (TPSA) is 35.5 Å². The van der Waals surface area contributed by atoms with Gasteiger partial charge >= 0.3 is 0 Å². The molecule has 0 unspecified atom stereocenters. The predicted octanol–water partition coefficient (Wildman–Crippen LogP) is 3.15. The molecule has 104 valence electrons. The van der Waals surface area contributed by atoms with Crippen LogP contribution in [0.1, 0.15) is 37.2 Å². The Labute approximate surface area is 119 Å². The van der Waals surface area contributed by atoms with Crippen LogP contribution in [-0.4, -0.2) is 18.3 Å². The molecular weight excluding hydrogens is 260 g/mol. The first-order valence-corrected chi connectivity index (χ1v) is 7.20. The lowest BCUT2D eigenvalue weighted by molar-refractivity contribution is -0.202. The van der Waals surface area contributed by atoms with Crippen molar-refractivity contribution in [1.82, 2.24) is 0 Å². The zero-order valence-electron chi connectivity index (χ0n) is 11.2. The van der Waals surface area contributed by atoms with Crippen LogP contribution in [0.5, 0.6) is 0 Å². The van der Waals surface area contributed by atoms with Crippen molar-refractivity contribution in [3.63, 3.8) is 0 Å². The summed E-state index contributed by atoms with van der Waals surface area (Å²) in [6.07, 6.45) is 3.17. The molecule has 0 radical (unpaired) electrons. The molecule has 3 nitrogen and oxygen atoms in total. The monoisotopic (exact) mass is 280 g/mol. The van der Waals surface area contributed by atoms with Crippen LogP contribution in [0.25, 0.3) is 0 Å². The first kappa shape index (κ1) is 14.6. The van der Waals surface area contributed by atoms with E-state index in [0.29, 0.717) is 13.2 Å². The zero-order valence-corrected chi connectivity index (χ0v) is 12.1. The highest BCUT2D eigenvalue weighted by Crippen LogP contribution is 2.26. The van der Waals surface area contributed by atoms with Gasteiger partial charge in [0.15, 0.2) is 11.4 Å². The molecule has 0 aliphatic carbocycles. The molecule has 1 aromatic carbocycles. The molecule has 0 aromatic heterocycles. The SMILES string of the molecule is CCCCc1ccc(C2OCC(C(=O)S)CO2)cc1. The molecule has 0 spiro atoms. The molecule has 0 saturated carbocycles. The number of carbonyl (C=O) groups is 1. The summed E-state index contributed by atoms with van der Waals surface area (Å²) in [5.74, 6) is -0.247. The molecule has 1 saturated heterocycles. The summed E-state index contributed by atoms with van der Waals surface area (Å²) in [7, 11) is 0. The molecule has 0 amide bonds. The van der Waals surface area contributed by atoms with Gasteiger partial charge in [0.25, 0.3) is 0 Å². The van der Waals surface area contributed by atoms with Gasteiger partial charge in [-0.1, -0.05) is 37.6 Å². The van der Waals surface area contributed by atoms with Gasteiger partial charge in [0.2, 0.25) is 0 Å². The Hall–Kier alpha value is -0.840. The van der Waals surface area contributed by atoms with Crippen molar-refractivity contribution in [3.05, 3.63) is 35.4 Å². The number of hydrogen-bond donors (Lipinski definition) is 1. The molecule has 2 rings (SSSR count). The molecular formula is C15H20O3S. The van der Waals surface area contributed by atoms with Crippen molar-refractivity contribution in [3.8, 4) is 0 Å². The normalized spacial score (nSPS) is 23.3. The number of ether oxygens (including phenoxy) is 2. The van der Waals surface area contributed by atoms with E-state index in [1.54, 1.807) is 0 Å². The third-order valence-electron chi connectivity index (χ3n) is 3.32. The Balaban J connectivity index is 1.90. The fourth-order valence-corrected chi connectivity index (χ4v) is 2.21. The molecule has 19 heavy (non-hydrogen) atoms. The van der Waals surface area contributed by atoms with Gasteiger partial charge in [0.1, 0.15) is 0 Å². The number of rotatable bonds is 5. The largest absolute Gasteiger partial charge is 0.348 e. The molecule has 0 atom stereocenters. The van der Waals surface area contributed by atoms with Crippen LogP contribution < -0.4 is 0 Å². The summed E-state index contributed by atoms with van der Waals surface area (Å²) < 4.78 is 11.1. The van der Waals surface area contributed by atoms with Crippen molar-refractivity contribution < 1.29 is 14.3 Å². The minimum absolute atomic E-state index is 0.173. The number of thiol groups is 1. The molecule has 4 heteroatoms. The van der Waals surface area contributed by atoms with E-state index in [1.165, 1.54) is 18.4 Å². The van der Waals surface area contributed by atoms with E-state index in [1.807, 2.05) is 12.1 Å². The van der Waals surface area contributed by atoms with Gasteiger partial charge in [-0.2, -0.15) is 0 Å². The molecule has 1 aromatic rings. The van der Waals surface area contributed by atoms with Crippen LogP contribution in [0.15, 0.2) is 24.3 Å². The van der Waals surface area contributed by atoms with Crippen LogP contribution in [0.3, 0.4) is 0 Å². The van der Waals surface area contributed by atoms with E-state index in [0.717, 1.165) is 12.0 Å². The average molecular weight is 280 g/mol. The molecule has 1 heterocycles. The Bertz CT molecular complexity index is 408. The van der Waals surface area contributed by atoms with Crippen LogP contribution in [0, 0.1) is 5.92 Å². The van der Waals surface area contributed by atoms with E-state index in [-0.39, 0.29) is 17.3 Å². The molecule has 0 bridgehead atoms. The maximum Gasteiger partial charge on any atom is 0.193 e. The summed E-state index contributed by atoms with van der Waals surface area (Å²) in [4.78, 5) is 11.1.